The van der Waals surface area contributed by atoms with E-state index in [1.807, 2.05) is 19.9 Å². The predicted molar refractivity (Wildman–Crippen MR) is 61.9 cm³/mol. The van der Waals surface area contributed by atoms with Crippen LogP contribution in [0.1, 0.15) is 26.7 Å². The predicted octanol–water partition coefficient (Wildman–Crippen LogP) is 0.187. The number of amides is 1. The maximum absolute atomic E-state index is 11.8. The first-order valence-electron chi connectivity index (χ1n) is 5.51. The molecule has 1 atom stereocenters. The lowest BCUT2D eigenvalue weighted by Crippen LogP contribution is -2.46. The van der Waals surface area contributed by atoms with E-state index in [4.69, 9.17) is 16.1 Å². The lowest BCUT2D eigenvalue weighted by molar-refractivity contribution is -0.142. The summed E-state index contributed by atoms with van der Waals surface area (Å²) in [6.45, 7) is 4.65. The quantitative estimate of drug-likeness (QED) is 0.661. The minimum Gasteiger partial charge on any atom is -0.481 e. The van der Waals surface area contributed by atoms with Crippen LogP contribution in [0.4, 0.5) is 0 Å². The number of carboxylic acids is 1. The molecule has 0 aromatic rings. The van der Waals surface area contributed by atoms with E-state index in [-0.39, 0.29) is 18.8 Å². The van der Waals surface area contributed by atoms with Gasteiger partial charge in [0, 0.05) is 13.1 Å². The molecule has 0 saturated heterocycles. The molecule has 96 valence electrons. The van der Waals surface area contributed by atoms with E-state index in [1.165, 1.54) is 4.90 Å². The van der Waals surface area contributed by atoms with Crippen molar-refractivity contribution < 1.29 is 14.7 Å². The van der Waals surface area contributed by atoms with Gasteiger partial charge < -0.3 is 15.7 Å². The van der Waals surface area contributed by atoms with Crippen molar-refractivity contribution in [3.05, 3.63) is 0 Å². The highest BCUT2D eigenvalue weighted by molar-refractivity contribution is 5.86. The van der Waals surface area contributed by atoms with Crippen molar-refractivity contribution in [2.45, 2.75) is 32.7 Å². The molecular formula is C11H19N3O3. The maximum Gasteiger partial charge on any atom is 0.305 e. The van der Waals surface area contributed by atoms with Crippen molar-refractivity contribution in [1.29, 1.82) is 5.26 Å². The Morgan fingerprint density at radius 2 is 2.06 bits per heavy atom. The van der Waals surface area contributed by atoms with Gasteiger partial charge in [0.15, 0.2) is 0 Å². The van der Waals surface area contributed by atoms with Gasteiger partial charge in [-0.1, -0.05) is 13.8 Å². The highest BCUT2D eigenvalue weighted by Gasteiger charge is 2.23. The molecule has 0 radical (unpaired) electrons. The lowest BCUT2D eigenvalue weighted by atomic mass is 10.1. The van der Waals surface area contributed by atoms with Crippen LogP contribution in [0.15, 0.2) is 0 Å². The third-order valence-corrected chi connectivity index (χ3v) is 2.10. The molecule has 0 aromatic heterocycles. The first-order valence-corrected chi connectivity index (χ1v) is 5.51. The molecule has 6 heteroatoms. The summed E-state index contributed by atoms with van der Waals surface area (Å²) in [4.78, 5) is 23.8. The minimum atomic E-state index is -1.10. The van der Waals surface area contributed by atoms with Gasteiger partial charge in [-0.25, -0.2) is 0 Å². The molecule has 0 saturated carbocycles. The molecule has 0 aliphatic carbocycles. The SMILES string of the molecule is CC(C)CN(CCC#N)C(=O)C(N)CC(=O)O. The summed E-state index contributed by atoms with van der Waals surface area (Å²) in [6.07, 6.45) is -0.168. The largest absolute Gasteiger partial charge is 0.481 e. The Morgan fingerprint density at radius 3 is 2.47 bits per heavy atom. The normalized spacial score (nSPS) is 11.9. The van der Waals surface area contributed by atoms with E-state index < -0.39 is 17.9 Å². The standard InChI is InChI=1S/C11H19N3O3/c1-8(2)7-14(5-3-4-12)11(17)9(13)6-10(15)16/h8-9H,3,5-7,13H2,1-2H3,(H,15,16). The fourth-order valence-corrected chi connectivity index (χ4v) is 1.43. The molecule has 0 rings (SSSR count). The van der Waals surface area contributed by atoms with Crippen molar-refractivity contribution in [2.24, 2.45) is 11.7 Å². The van der Waals surface area contributed by atoms with Crippen LogP contribution >= 0.6 is 0 Å². The van der Waals surface area contributed by atoms with Gasteiger partial charge in [0.2, 0.25) is 5.91 Å². The number of nitriles is 1. The van der Waals surface area contributed by atoms with E-state index in [0.717, 1.165) is 0 Å². The monoisotopic (exact) mass is 241 g/mol. The average molecular weight is 241 g/mol. The van der Waals surface area contributed by atoms with Crippen molar-refractivity contribution in [2.75, 3.05) is 13.1 Å². The van der Waals surface area contributed by atoms with Crippen LogP contribution in [0.3, 0.4) is 0 Å². The Labute approximate surface area is 101 Å². The fourth-order valence-electron chi connectivity index (χ4n) is 1.43. The maximum atomic E-state index is 11.8. The van der Waals surface area contributed by atoms with Crippen molar-refractivity contribution in [1.82, 2.24) is 4.90 Å². The number of nitrogens with two attached hydrogens (primary N) is 1. The van der Waals surface area contributed by atoms with E-state index >= 15 is 0 Å². The van der Waals surface area contributed by atoms with E-state index in [0.29, 0.717) is 13.1 Å². The zero-order chi connectivity index (χ0) is 13.4. The van der Waals surface area contributed by atoms with Gasteiger partial charge in [-0.05, 0) is 5.92 Å². The molecule has 0 fully saturated rings. The first kappa shape index (κ1) is 15.4. The van der Waals surface area contributed by atoms with Crippen LogP contribution in [0, 0.1) is 17.2 Å². The van der Waals surface area contributed by atoms with Gasteiger partial charge in [0.05, 0.1) is 25.0 Å². The van der Waals surface area contributed by atoms with Crippen LogP contribution in [-0.4, -0.2) is 41.0 Å². The Bertz CT molecular complexity index is 310. The molecule has 0 aromatic carbocycles. The Hall–Kier alpha value is -1.61. The summed E-state index contributed by atoms with van der Waals surface area (Å²) in [5.74, 6) is -1.26. The Balaban J connectivity index is 4.50. The van der Waals surface area contributed by atoms with Gasteiger partial charge in [-0.15, -0.1) is 0 Å². The number of hydrogen-bond donors (Lipinski definition) is 2. The van der Waals surface area contributed by atoms with E-state index in [9.17, 15) is 9.59 Å². The van der Waals surface area contributed by atoms with Crippen molar-refractivity contribution in [3.8, 4) is 6.07 Å². The molecule has 6 nitrogen and oxygen atoms in total. The molecular weight excluding hydrogens is 222 g/mol. The van der Waals surface area contributed by atoms with Crippen LogP contribution in [0.25, 0.3) is 0 Å². The molecule has 0 bridgehead atoms. The van der Waals surface area contributed by atoms with Gasteiger partial charge in [-0.3, -0.25) is 9.59 Å². The zero-order valence-electron chi connectivity index (χ0n) is 10.2. The molecule has 0 heterocycles. The number of rotatable bonds is 7. The molecule has 1 unspecified atom stereocenters. The highest BCUT2D eigenvalue weighted by atomic mass is 16.4. The lowest BCUT2D eigenvalue weighted by Gasteiger charge is -2.26. The van der Waals surface area contributed by atoms with Crippen LogP contribution in [-0.2, 0) is 9.59 Å². The molecule has 0 aliphatic heterocycles. The number of carboxylic acid groups (broad SMARTS) is 1. The molecule has 0 spiro atoms. The minimum absolute atomic E-state index is 0.220. The number of nitrogens with zero attached hydrogens (tertiary/aromatic N) is 2. The molecule has 1 amide bonds. The third-order valence-electron chi connectivity index (χ3n) is 2.10. The highest BCUT2D eigenvalue weighted by Crippen LogP contribution is 2.04. The molecule has 17 heavy (non-hydrogen) atoms. The van der Waals surface area contributed by atoms with Crippen LogP contribution in [0.5, 0.6) is 0 Å². The van der Waals surface area contributed by atoms with Crippen molar-refractivity contribution >= 4 is 11.9 Å². The topological polar surface area (TPSA) is 107 Å². The second-order valence-corrected chi connectivity index (χ2v) is 4.29. The number of hydrogen-bond acceptors (Lipinski definition) is 4. The second kappa shape index (κ2) is 7.63. The summed E-state index contributed by atoms with van der Waals surface area (Å²) in [5, 5.41) is 17.1. The van der Waals surface area contributed by atoms with Gasteiger partial charge >= 0.3 is 5.97 Å². The summed E-state index contributed by atoms with van der Waals surface area (Å²) >= 11 is 0. The van der Waals surface area contributed by atoms with Crippen molar-refractivity contribution in [3.63, 3.8) is 0 Å². The summed E-state index contributed by atoms with van der Waals surface area (Å²) in [5.41, 5.74) is 5.51. The van der Waals surface area contributed by atoms with E-state index in [2.05, 4.69) is 0 Å². The van der Waals surface area contributed by atoms with Gasteiger partial charge in [0.25, 0.3) is 0 Å². The van der Waals surface area contributed by atoms with Crippen LogP contribution in [0.2, 0.25) is 0 Å². The zero-order valence-corrected chi connectivity index (χ0v) is 10.2. The van der Waals surface area contributed by atoms with Gasteiger partial charge in [0.1, 0.15) is 0 Å². The van der Waals surface area contributed by atoms with Gasteiger partial charge in [-0.2, -0.15) is 5.26 Å². The van der Waals surface area contributed by atoms with E-state index in [1.54, 1.807) is 0 Å². The Morgan fingerprint density at radius 1 is 1.47 bits per heavy atom. The number of aliphatic carboxylic acids is 1. The van der Waals surface area contributed by atoms with Crippen LogP contribution < -0.4 is 5.73 Å². The summed E-state index contributed by atoms with van der Waals surface area (Å²) in [6, 6.07) is 0.918. The molecule has 3 N–H and O–H groups in total. The molecule has 0 aliphatic rings. The third kappa shape index (κ3) is 6.53. The Kier molecular flexibility index (Phi) is 6.91. The average Bonchev–Trinajstić information content (AvgIpc) is 2.21. The summed E-state index contributed by atoms with van der Waals surface area (Å²) in [7, 11) is 0. The number of carbonyl (C=O) groups excluding carboxylic acids is 1. The number of carbonyl (C=O) groups is 2. The summed E-state index contributed by atoms with van der Waals surface area (Å²) < 4.78 is 0. The first-order chi connectivity index (χ1) is 7.88. The second-order valence-electron chi connectivity index (χ2n) is 4.29. The fraction of sp³-hybridized carbons (Fsp3) is 0.727. The smallest absolute Gasteiger partial charge is 0.305 e.